The highest BCUT2D eigenvalue weighted by atomic mass is 16.3. The molecule has 0 saturated carbocycles. The van der Waals surface area contributed by atoms with Crippen LogP contribution < -0.4 is 5.32 Å². The highest BCUT2D eigenvalue weighted by molar-refractivity contribution is 5.27. The van der Waals surface area contributed by atoms with Crippen LogP contribution in [0.25, 0.3) is 0 Å². The molecule has 1 unspecified atom stereocenters. The number of aliphatic hydroxyl groups is 1. The molecule has 2 N–H and O–H groups in total. The Morgan fingerprint density at radius 3 is 2.36 bits per heavy atom. The van der Waals surface area contributed by atoms with Gasteiger partial charge in [0.25, 0.3) is 0 Å². The van der Waals surface area contributed by atoms with Gasteiger partial charge >= 0.3 is 0 Å². The van der Waals surface area contributed by atoms with Crippen LogP contribution in [-0.4, -0.2) is 35.7 Å². The Balaban J connectivity index is 1.52. The molecule has 3 rings (SSSR count). The van der Waals surface area contributed by atoms with Gasteiger partial charge in [0, 0.05) is 32.7 Å². The molecule has 1 aliphatic rings. The molecular weight excluding hydrogens is 308 g/mol. The number of nitrogens with zero attached hydrogens (tertiary/aromatic N) is 1. The summed E-state index contributed by atoms with van der Waals surface area (Å²) in [5.74, 6) is 0.511. The van der Waals surface area contributed by atoms with Gasteiger partial charge in [-0.05, 0) is 35.4 Å². The molecule has 2 aromatic rings. The second kappa shape index (κ2) is 9.14. The van der Waals surface area contributed by atoms with E-state index in [4.69, 9.17) is 0 Å². The Hall–Kier alpha value is -1.68. The number of nitrogens with one attached hydrogen (secondary N) is 1. The molecule has 1 atom stereocenters. The van der Waals surface area contributed by atoms with E-state index < -0.39 is 0 Å². The zero-order valence-electron chi connectivity index (χ0n) is 15.2. The second-order valence-corrected chi connectivity index (χ2v) is 7.22. The number of rotatable bonds is 7. The fraction of sp³-hybridized carbons (Fsp3) is 0.455. The maximum atomic E-state index is 9.67. The molecule has 2 aromatic carbocycles. The zero-order chi connectivity index (χ0) is 17.5. The van der Waals surface area contributed by atoms with Gasteiger partial charge in [-0.3, -0.25) is 4.90 Å². The van der Waals surface area contributed by atoms with Gasteiger partial charge in [0.2, 0.25) is 0 Å². The normalized spacial score (nSPS) is 17.5. The number of hydrogen-bond donors (Lipinski definition) is 2. The molecule has 1 fully saturated rings. The third-order valence-corrected chi connectivity index (χ3v) is 5.20. The van der Waals surface area contributed by atoms with Crippen molar-refractivity contribution in [2.45, 2.75) is 44.9 Å². The van der Waals surface area contributed by atoms with Crippen molar-refractivity contribution in [2.24, 2.45) is 0 Å². The number of hydrogen-bond acceptors (Lipinski definition) is 3. The first kappa shape index (κ1) is 18.1. The molecule has 1 aliphatic heterocycles. The molecule has 0 amide bonds. The van der Waals surface area contributed by atoms with Crippen molar-refractivity contribution in [3.8, 4) is 0 Å². The molecule has 3 heteroatoms. The summed E-state index contributed by atoms with van der Waals surface area (Å²) in [5.41, 5.74) is 4.17. The van der Waals surface area contributed by atoms with Gasteiger partial charge in [0.1, 0.15) is 0 Å². The maximum absolute atomic E-state index is 9.67. The van der Waals surface area contributed by atoms with Crippen LogP contribution in [0.5, 0.6) is 0 Å². The lowest BCUT2D eigenvalue weighted by molar-refractivity contribution is 0.0791. The molecule has 25 heavy (non-hydrogen) atoms. The van der Waals surface area contributed by atoms with Crippen molar-refractivity contribution in [2.75, 3.05) is 19.6 Å². The van der Waals surface area contributed by atoms with E-state index in [9.17, 15) is 5.11 Å². The Morgan fingerprint density at radius 1 is 1.00 bits per heavy atom. The number of aliphatic hydroxyl groups excluding tert-OH is 1. The largest absolute Gasteiger partial charge is 0.393 e. The Kier molecular flexibility index (Phi) is 6.62. The second-order valence-electron chi connectivity index (χ2n) is 7.22. The van der Waals surface area contributed by atoms with Gasteiger partial charge in [0.15, 0.2) is 0 Å². The van der Waals surface area contributed by atoms with E-state index in [1.165, 1.54) is 16.7 Å². The Bertz CT molecular complexity index is 635. The molecule has 1 saturated heterocycles. The summed E-state index contributed by atoms with van der Waals surface area (Å²) in [6, 6.07) is 19.4. The van der Waals surface area contributed by atoms with Crippen molar-refractivity contribution in [3.05, 3.63) is 71.3 Å². The molecule has 0 spiro atoms. The van der Waals surface area contributed by atoms with Crippen molar-refractivity contribution in [3.63, 3.8) is 0 Å². The molecule has 134 valence electrons. The molecule has 3 nitrogen and oxygen atoms in total. The minimum absolute atomic E-state index is 0.104. The van der Waals surface area contributed by atoms with Gasteiger partial charge in [-0.2, -0.15) is 0 Å². The fourth-order valence-electron chi connectivity index (χ4n) is 3.53. The summed E-state index contributed by atoms with van der Waals surface area (Å²) in [5, 5.41) is 13.3. The third kappa shape index (κ3) is 5.40. The molecule has 0 bridgehead atoms. The van der Waals surface area contributed by atoms with Gasteiger partial charge in [-0.1, -0.05) is 61.5 Å². The van der Waals surface area contributed by atoms with E-state index in [0.717, 1.165) is 45.6 Å². The Labute approximate surface area is 151 Å². The lowest BCUT2D eigenvalue weighted by Gasteiger charge is -2.30. The van der Waals surface area contributed by atoms with Crippen molar-refractivity contribution in [1.29, 1.82) is 0 Å². The summed E-state index contributed by atoms with van der Waals surface area (Å²) >= 11 is 0. The number of piperidine rings is 1. The van der Waals surface area contributed by atoms with Gasteiger partial charge in [-0.15, -0.1) is 0 Å². The summed E-state index contributed by atoms with van der Waals surface area (Å²) in [6.07, 6.45) is 1.69. The number of likely N-dealkylation sites (tertiary alicyclic amines) is 1. The first-order valence-corrected chi connectivity index (χ1v) is 9.45. The number of benzene rings is 2. The SMILES string of the molecule is CC(CNCc1ccccc1CN1CCC(O)CC1)c1ccccc1. The van der Waals surface area contributed by atoms with E-state index >= 15 is 0 Å². The molecule has 1 heterocycles. The quantitative estimate of drug-likeness (QED) is 0.810. The van der Waals surface area contributed by atoms with E-state index in [1.807, 2.05) is 0 Å². The van der Waals surface area contributed by atoms with Crippen molar-refractivity contribution in [1.82, 2.24) is 10.2 Å². The predicted molar refractivity (Wildman–Crippen MR) is 104 cm³/mol. The molecule has 0 aliphatic carbocycles. The standard InChI is InChI=1S/C22H30N2O/c1-18(19-7-3-2-4-8-19)15-23-16-20-9-5-6-10-21(20)17-24-13-11-22(25)12-14-24/h2-10,18,22-23,25H,11-17H2,1H3. The van der Waals surface area contributed by atoms with Gasteiger partial charge in [0.05, 0.1) is 6.10 Å². The molecule has 0 aromatic heterocycles. The minimum atomic E-state index is -0.104. The Morgan fingerprint density at radius 2 is 1.64 bits per heavy atom. The van der Waals surface area contributed by atoms with Crippen LogP contribution in [0.2, 0.25) is 0 Å². The van der Waals surface area contributed by atoms with Crippen LogP contribution in [0, 0.1) is 0 Å². The molecular formula is C22H30N2O. The van der Waals surface area contributed by atoms with E-state index in [0.29, 0.717) is 5.92 Å². The van der Waals surface area contributed by atoms with Crippen molar-refractivity contribution < 1.29 is 5.11 Å². The molecule has 0 radical (unpaired) electrons. The van der Waals surface area contributed by atoms with E-state index in [1.54, 1.807) is 0 Å². The lowest BCUT2D eigenvalue weighted by atomic mass is 10.0. The van der Waals surface area contributed by atoms with E-state index in [2.05, 4.69) is 71.7 Å². The average molecular weight is 338 g/mol. The predicted octanol–water partition coefficient (Wildman–Crippen LogP) is 3.54. The van der Waals surface area contributed by atoms with Gasteiger partial charge in [-0.25, -0.2) is 0 Å². The van der Waals surface area contributed by atoms with Crippen LogP contribution in [0.15, 0.2) is 54.6 Å². The maximum Gasteiger partial charge on any atom is 0.0564 e. The summed E-state index contributed by atoms with van der Waals surface area (Å²) < 4.78 is 0. The smallest absolute Gasteiger partial charge is 0.0564 e. The van der Waals surface area contributed by atoms with Gasteiger partial charge < -0.3 is 10.4 Å². The minimum Gasteiger partial charge on any atom is -0.393 e. The van der Waals surface area contributed by atoms with Crippen LogP contribution in [0.3, 0.4) is 0 Å². The topological polar surface area (TPSA) is 35.5 Å². The fourth-order valence-corrected chi connectivity index (χ4v) is 3.53. The van der Waals surface area contributed by atoms with Crippen LogP contribution in [0.1, 0.15) is 42.4 Å². The average Bonchev–Trinajstić information content (AvgIpc) is 2.65. The zero-order valence-corrected chi connectivity index (χ0v) is 15.2. The third-order valence-electron chi connectivity index (χ3n) is 5.20. The summed E-state index contributed by atoms with van der Waals surface area (Å²) in [4.78, 5) is 2.46. The first-order chi connectivity index (χ1) is 12.2. The van der Waals surface area contributed by atoms with Crippen LogP contribution in [0.4, 0.5) is 0 Å². The van der Waals surface area contributed by atoms with Crippen LogP contribution >= 0.6 is 0 Å². The van der Waals surface area contributed by atoms with Crippen LogP contribution in [-0.2, 0) is 13.1 Å². The van der Waals surface area contributed by atoms with E-state index in [-0.39, 0.29) is 6.10 Å². The van der Waals surface area contributed by atoms with Crippen molar-refractivity contribution >= 4 is 0 Å². The lowest BCUT2D eigenvalue weighted by Crippen LogP contribution is -2.35. The summed E-state index contributed by atoms with van der Waals surface area (Å²) in [7, 11) is 0. The highest BCUT2D eigenvalue weighted by Gasteiger charge is 2.17. The summed E-state index contributed by atoms with van der Waals surface area (Å²) in [6.45, 7) is 7.13. The highest BCUT2D eigenvalue weighted by Crippen LogP contribution is 2.17. The monoisotopic (exact) mass is 338 g/mol. The first-order valence-electron chi connectivity index (χ1n) is 9.45.